The molecule has 0 unspecified atom stereocenters. The number of aromatic amines is 1. The average molecular weight is 435 g/mol. The number of likely N-dealkylation sites (tertiary alicyclic amines) is 1. The van der Waals surface area contributed by atoms with E-state index >= 15 is 0 Å². The number of hydrogen-bond acceptors (Lipinski definition) is 4. The van der Waals surface area contributed by atoms with E-state index in [-0.39, 0.29) is 0 Å². The summed E-state index contributed by atoms with van der Waals surface area (Å²) in [4.78, 5) is 2.46. The normalized spacial score (nSPS) is 14.4. The molecule has 4 rings (SSSR count). The third-order valence-corrected chi connectivity index (χ3v) is 6.54. The van der Waals surface area contributed by atoms with Crippen molar-refractivity contribution in [2.45, 2.75) is 32.7 Å². The van der Waals surface area contributed by atoms with Gasteiger partial charge in [0, 0.05) is 44.6 Å². The quantitative estimate of drug-likeness (QED) is 0.567. The fourth-order valence-electron chi connectivity index (χ4n) is 4.22. The minimum Gasteiger partial charge on any atom is -0.384 e. The van der Waals surface area contributed by atoms with Gasteiger partial charge in [-0.05, 0) is 54.3 Å². The average Bonchev–Trinajstić information content (AvgIpc) is 3.10. The van der Waals surface area contributed by atoms with Crippen molar-refractivity contribution in [1.82, 2.24) is 15.1 Å². The van der Waals surface area contributed by atoms with E-state index in [1.807, 2.05) is 12.1 Å². The summed E-state index contributed by atoms with van der Waals surface area (Å²) in [7, 11) is 1.68. The van der Waals surface area contributed by atoms with Crippen molar-refractivity contribution in [2.24, 2.45) is 0 Å². The molecule has 160 valence electrons. The van der Waals surface area contributed by atoms with Gasteiger partial charge >= 0.3 is 0 Å². The van der Waals surface area contributed by atoms with Gasteiger partial charge in [-0.1, -0.05) is 29.8 Å². The van der Waals surface area contributed by atoms with Gasteiger partial charge in [0.25, 0.3) is 0 Å². The van der Waals surface area contributed by atoms with E-state index in [0.717, 1.165) is 36.6 Å². The maximum atomic E-state index is 8.97. The van der Waals surface area contributed by atoms with Crippen molar-refractivity contribution in [3.63, 3.8) is 0 Å². The number of hydrogen-bond donors (Lipinski definition) is 1. The van der Waals surface area contributed by atoms with Crippen molar-refractivity contribution < 1.29 is 4.74 Å². The van der Waals surface area contributed by atoms with Crippen molar-refractivity contribution in [2.75, 3.05) is 26.8 Å². The number of ether oxygens (including phenoxy) is 1. The highest BCUT2D eigenvalue weighted by Crippen LogP contribution is 2.34. The lowest BCUT2D eigenvalue weighted by atomic mass is 9.89. The minimum absolute atomic E-state index is 0.530. The van der Waals surface area contributed by atoms with E-state index in [4.69, 9.17) is 21.6 Å². The van der Waals surface area contributed by atoms with Gasteiger partial charge in [0.05, 0.1) is 29.0 Å². The predicted molar refractivity (Wildman–Crippen MR) is 123 cm³/mol. The second-order valence-corrected chi connectivity index (χ2v) is 8.70. The summed E-state index contributed by atoms with van der Waals surface area (Å²) in [6.07, 6.45) is 0.713. The minimum atomic E-state index is 0.530. The molecule has 5 nitrogen and oxygen atoms in total. The Kier molecular flexibility index (Phi) is 6.43. The molecule has 1 fully saturated rings. The third kappa shape index (κ3) is 4.52. The monoisotopic (exact) mass is 434 g/mol. The van der Waals surface area contributed by atoms with Crippen LogP contribution in [0.25, 0.3) is 11.3 Å². The number of nitrogens with zero attached hydrogens (tertiary/aromatic N) is 3. The molecule has 1 aliphatic rings. The van der Waals surface area contributed by atoms with Gasteiger partial charge in [0.1, 0.15) is 5.69 Å². The van der Waals surface area contributed by atoms with Gasteiger partial charge in [0.2, 0.25) is 0 Å². The highest BCUT2D eigenvalue weighted by molar-refractivity contribution is 6.33. The molecule has 31 heavy (non-hydrogen) atoms. The van der Waals surface area contributed by atoms with E-state index in [2.05, 4.69) is 59.3 Å². The van der Waals surface area contributed by atoms with Crippen molar-refractivity contribution in [1.29, 1.82) is 5.26 Å². The van der Waals surface area contributed by atoms with Crippen LogP contribution in [0.4, 0.5) is 0 Å². The number of aromatic nitrogens is 2. The lowest BCUT2D eigenvalue weighted by Gasteiger charge is -2.40. The Morgan fingerprint density at radius 3 is 2.61 bits per heavy atom. The first-order valence-corrected chi connectivity index (χ1v) is 10.9. The number of rotatable bonds is 7. The van der Waals surface area contributed by atoms with Crippen LogP contribution in [0.5, 0.6) is 0 Å². The number of aryl methyl sites for hydroxylation is 2. The topological polar surface area (TPSA) is 64.9 Å². The summed E-state index contributed by atoms with van der Waals surface area (Å²) >= 11 is 6.63. The highest BCUT2D eigenvalue weighted by Gasteiger charge is 2.28. The Balaban J connectivity index is 1.48. The predicted octanol–water partition coefficient (Wildman–Crippen LogP) is 5.01. The number of halogens is 1. The van der Waals surface area contributed by atoms with Crippen LogP contribution in [0.2, 0.25) is 5.02 Å². The second kappa shape index (κ2) is 9.23. The molecule has 0 atom stereocenters. The van der Waals surface area contributed by atoms with E-state index in [0.29, 0.717) is 29.5 Å². The molecule has 0 amide bonds. The molecular formula is C25H27ClN4O. The Labute approximate surface area is 188 Å². The van der Waals surface area contributed by atoms with Crippen LogP contribution in [-0.2, 0) is 17.7 Å². The van der Waals surface area contributed by atoms with Crippen LogP contribution in [0, 0.1) is 25.2 Å². The number of nitrogens with one attached hydrogen (secondary N) is 1. The SMILES string of the molecule is COCCc1[nH]nc(-c2cc(CN3CC(c4ccc(C#N)cc4)C3)c(C)cc2C)c1Cl. The molecule has 0 spiro atoms. The molecule has 1 saturated heterocycles. The first-order chi connectivity index (χ1) is 15.0. The maximum Gasteiger partial charge on any atom is 0.111 e. The third-order valence-electron chi connectivity index (χ3n) is 6.13. The zero-order valence-electron chi connectivity index (χ0n) is 18.2. The van der Waals surface area contributed by atoms with Gasteiger partial charge in [0.15, 0.2) is 0 Å². The number of methoxy groups -OCH3 is 1. The van der Waals surface area contributed by atoms with Crippen LogP contribution in [0.3, 0.4) is 0 Å². The fourth-order valence-corrected chi connectivity index (χ4v) is 4.50. The van der Waals surface area contributed by atoms with Gasteiger partial charge in [-0.3, -0.25) is 10.00 Å². The zero-order chi connectivity index (χ0) is 22.0. The molecule has 0 aliphatic carbocycles. The Morgan fingerprint density at radius 1 is 1.19 bits per heavy atom. The largest absolute Gasteiger partial charge is 0.384 e. The lowest BCUT2D eigenvalue weighted by Crippen LogP contribution is -2.44. The van der Waals surface area contributed by atoms with E-state index in [1.165, 1.54) is 22.3 Å². The molecule has 0 bridgehead atoms. The molecule has 1 N–H and O–H groups in total. The van der Waals surface area contributed by atoms with E-state index < -0.39 is 0 Å². The number of benzene rings is 2. The van der Waals surface area contributed by atoms with Crippen molar-refractivity contribution >= 4 is 11.6 Å². The maximum absolute atomic E-state index is 8.97. The Morgan fingerprint density at radius 2 is 1.94 bits per heavy atom. The molecule has 3 aromatic rings. The fraction of sp³-hybridized carbons (Fsp3) is 0.360. The van der Waals surface area contributed by atoms with Crippen molar-refractivity contribution in [3.8, 4) is 17.3 Å². The van der Waals surface area contributed by atoms with Gasteiger partial charge in [-0.2, -0.15) is 10.4 Å². The standard InChI is InChI=1S/C25H27ClN4O/c1-16-10-17(2)22(25-24(26)23(28-29-25)8-9-31-3)11-20(16)13-30-14-21(15-30)19-6-4-18(12-27)5-7-19/h4-7,10-11,21H,8-9,13-15H2,1-3H3,(H,28,29). The second-order valence-electron chi connectivity index (χ2n) is 8.33. The summed E-state index contributed by atoms with van der Waals surface area (Å²) in [5, 5.41) is 17.2. The first-order valence-electron chi connectivity index (χ1n) is 10.5. The summed E-state index contributed by atoms with van der Waals surface area (Å²) < 4.78 is 5.16. The van der Waals surface area contributed by atoms with Crippen LogP contribution in [0.1, 0.15) is 39.4 Å². The molecular weight excluding hydrogens is 408 g/mol. The lowest BCUT2D eigenvalue weighted by molar-refractivity contribution is 0.139. The summed E-state index contributed by atoms with van der Waals surface area (Å²) in [6, 6.07) is 14.6. The first kappa shape index (κ1) is 21.6. The molecule has 0 saturated carbocycles. The zero-order valence-corrected chi connectivity index (χ0v) is 19.0. The molecule has 2 heterocycles. The molecule has 0 radical (unpaired) electrons. The molecule has 2 aromatic carbocycles. The van der Waals surface area contributed by atoms with E-state index in [1.54, 1.807) is 7.11 Å². The number of nitriles is 1. The summed E-state index contributed by atoms with van der Waals surface area (Å²) in [5.41, 5.74) is 8.58. The molecule has 1 aliphatic heterocycles. The Bertz CT molecular complexity index is 1110. The van der Waals surface area contributed by atoms with Crippen molar-refractivity contribution in [3.05, 3.63) is 74.9 Å². The van der Waals surface area contributed by atoms with Crippen LogP contribution < -0.4 is 0 Å². The summed E-state index contributed by atoms with van der Waals surface area (Å²) in [6.45, 7) is 7.84. The van der Waals surface area contributed by atoms with Gasteiger partial charge < -0.3 is 4.74 Å². The smallest absolute Gasteiger partial charge is 0.111 e. The van der Waals surface area contributed by atoms with Gasteiger partial charge in [-0.25, -0.2) is 0 Å². The van der Waals surface area contributed by atoms with Gasteiger partial charge in [-0.15, -0.1) is 0 Å². The van der Waals surface area contributed by atoms with Crippen LogP contribution in [0.15, 0.2) is 36.4 Å². The summed E-state index contributed by atoms with van der Waals surface area (Å²) in [5.74, 6) is 0.530. The van der Waals surface area contributed by atoms with Crippen LogP contribution >= 0.6 is 11.6 Å². The molecule has 6 heteroatoms. The number of H-pyrrole nitrogens is 1. The van der Waals surface area contributed by atoms with Crippen LogP contribution in [-0.4, -0.2) is 41.9 Å². The van der Waals surface area contributed by atoms with E-state index in [9.17, 15) is 0 Å². The highest BCUT2D eigenvalue weighted by atomic mass is 35.5. The molecule has 1 aromatic heterocycles. The Hall–Kier alpha value is -2.65.